The zero-order chi connectivity index (χ0) is 9.90. The Balaban J connectivity index is 0.00000169. The number of thiol groups is 1. The number of nitrogens with zero attached hydrogens (tertiary/aromatic N) is 1. The molecule has 1 N–H and O–H groups in total. The van der Waals surface area contributed by atoms with E-state index >= 15 is 0 Å². The van der Waals surface area contributed by atoms with E-state index in [1.54, 1.807) is 6.20 Å². The topological polar surface area (TPSA) is 85.9 Å². The van der Waals surface area contributed by atoms with Crippen LogP contribution in [0.15, 0.2) is 11.2 Å². The fraction of sp³-hybridized carbons (Fsp3) is 0.500. The predicted molar refractivity (Wildman–Crippen MR) is 48.7 cm³/mol. The van der Waals surface area contributed by atoms with Crippen molar-refractivity contribution in [3.8, 4) is 0 Å². The number of aryl methyl sites for hydroxylation is 1. The van der Waals surface area contributed by atoms with Gasteiger partial charge in [-0.05, 0) is 6.42 Å². The number of hydrogen-bond donors (Lipinski definition) is 2. The van der Waals surface area contributed by atoms with Crippen LogP contribution in [-0.2, 0) is 16.5 Å². The van der Waals surface area contributed by atoms with Gasteiger partial charge in [0.25, 0.3) is 0 Å². The molecular formula is C6H9N2NaO3S2. The van der Waals surface area contributed by atoms with Crippen molar-refractivity contribution in [1.29, 1.82) is 0 Å². The second kappa shape index (κ2) is 6.14. The first-order valence-electron chi connectivity index (χ1n) is 3.64. The van der Waals surface area contributed by atoms with Crippen LogP contribution in [0.25, 0.3) is 0 Å². The van der Waals surface area contributed by atoms with E-state index in [9.17, 15) is 13.0 Å². The van der Waals surface area contributed by atoms with E-state index in [-0.39, 0.29) is 41.7 Å². The van der Waals surface area contributed by atoms with E-state index in [0.29, 0.717) is 17.3 Å². The molecule has 5 nitrogen and oxygen atoms in total. The van der Waals surface area contributed by atoms with Gasteiger partial charge >= 0.3 is 29.6 Å². The summed E-state index contributed by atoms with van der Waals surface area (Å²) in [6.45, 7) is 0. The summed E-state index contributed by atoms with van der Waals surface area (Å²) in [5.74, 6) is 0.295. The molecule has 14 heavy (non-hydrogen) atoms. The molecule has 0 saturated carbocycles. The third-order valence-electron chi connectivity index (χ3n) is 1.43. The summed E-state index contributed by atoms with van der Waals surface area (Å²) in [6, 6.07) is 0. The fourth-order valence-corrected chi connectivity index (χ4v) is 1.58. The number of H-pyrrole nitrogens is 1. The van der Waals surface area contributed by atoms with Gasteiger partial charge in [-0.25, -0.2) is 13.4 Å². The van der Waals surface area contributed by atoms with Crippen LogP contribution in [0.3, 0.4) is 0 Å². The molecule has 0 saturated heterocycles. The van der Waals surface area contributed by atoms with Gasteiger partial charge in [0.15, 0.2) is 0 Å². The third kappa shape index (κ3) is 6.05. The Morgan fingerprint density at radius 1 is 1.57 bits per heavy atom. The molecule has 8 heteroatoms. The van der Waals surface area contributed by atoms with Gasteiger partial charge in [-0.3, -0.25) is 0 Å². The van der Waals surface area contributed by atoms with Gasteiger partial charge in [-0.2, -0.15) is 0 Å². The number of nitrogens with one attached hydrogen (secondary N) is 1. The summed E-state index contributed by atoms with van der Waals surface area (Å²) in [7, 11) is -4.10. The van der Waals surface area contributed by atoms with Crippen LogP contribution in [0.4, 0.5) is 0 Å². The Kier molecular flexibility index (Phi) is 6.35. The molecule has 0 aliphatic rings. The maximum Gasteiger partial charge on any atom is 1.00 e. The Hall–Kier alpha value is 0.470. The first-order chi connectivity index (χ1) is 5.97. The van der Waals surface area contributed by atoms with Crippen LogP contribution in [0.1, 0.15) is 12.2 Å². The van der Waals surface area contributed by atoms with Crippen molar-refractivity contribution in [3.05, 3.63) is 12.0 Å². The maximum atomic E-state index is 10.2. The molecule has 0 radical (unpaired) electrons. The first-order valence-corrected chi connectivity index (χ1v) is 5.66. The quantitative estimate of drug-likeness (QED) is 0.340. The Morgan fingerprint density at radius 2 is 2.21 bits per heavy atom. The van der Waals surface area contributed by atoms with Gasteiger partial charge in [0.1, 0.15) is 10.9 Å². The molecule has 0 bridgehead atoms. The maximum absolute atomic E-state index is 10.2. The van der Waals surface area contributed by atoms with Crippen LogP contribution in [-0.4, -0.2) is 28.7 Å². The minimum absolute atomic E-state index is 0. The average Bonchev–Trinajstić information content (AvgIpc) is 2.33. The van der Waals surface area contributed by atoms with Crippen LogP contribution in [0.5, 0.6) is 0 Å². The van der Waals surface area contributed by atoms with Crippen molar-refractivity contribution in [2.24, 2.45) is 0 Å². The summed E-state index contributed by atoms with van der Waals surface area (Å²) in [5.41, 5.74) is 0. The zero-order valence-corrected chi connectivity index (χ0v) is 11.4. The second-order valence-electron chi connectivity index (χ2n) is 2.57. The van der Waals surface area contributed by atoms with Crippen LogP contribution >= 0.6 is 12.6 Å². The molecule has 0 spiro atoms. The van der Waals surface area contributed by atoms with E-state index in [1.165, 1.54) is 0 Å². The van der Waals surface area contributed by atoms with Crippen molar-refractivity contribution in [1.82, 2.24) is 9.97 Å². The number of rotatable bonds is 4. The largest absolute Gasteiger partial charge is 1.00 e. The number of hydrogen-bond acceptors (Lipinski definition) is 5. The normalized spacial score (nSPS) is 11.0. The van der Waals surface area contributed by atoms with E-state index < -0.39 is 10.1 Å². The summed E-state index contributed by atoms with van der Waals surface area (Å²) >= 11 is 3.96. The van der Waals surface area contributed by atoms with E-state index in [4.69, 9.17) is 0 Å². The van der Waals surface area contributed by atoms with E-state index in [1.807, 2.05) is 0 Å². The number of aromatic amines is 1. The molecule has 0 aliphatic heterocycles. The summed E-state index contributed by atoms with van der Waals surface area (Å²) in [5, 5.41) is 0.556. The average molecular weight is 244 g/mol. The molecule has 1 heterocycles. The molecule has 74 valence electrons. The minimum Gasteiger partial charge on any atom is -0.748 e. The second-order valence-corrected chi connectivity index (χ2v) is 4.55. The van der Waals surface area contributed by atoms with E-state index in [2.05, 4.69) is 22.6 Å². The van der Waals surface area contributed by atoms with Gasteiger partial charge in [-0.1, -0.05) is 0 Å². The van der Waals surface area contributed by atoms with Crippen LogP contribution in [0, 0.1) is 0 Å². The van der Waals surface area contributed by atoms with Crippen molar-refractivity contribution < 1.29 is 42.5 Å². The molecular weight excluding hydrogens is 235 g/mol. The van der Waals surface area contributed by atoms with Crippen molar-refractivity contribution in [2.45, 2.75) is 17.9 Å². The smallest absolute Gasteiger partial charge is 0.748 e. The van der Waals surface area contributed by atoms with Gasteiger partial charge in [-0.15, -0.1) is 12.6 Å². The molecule has 0 fully saturated rings. The van der Waals surface area contributed by atoms with Crippen molar-refractivity contribution in [3.63, 3.8) is 0 Å². The van der Waals surface area contributed by atoms with Gasteiger partial charge in [0.2, 0.25) is 0 Å². The van der Waals surface area contributed by atoms with E-state index in [0.717, 1.165) is 0 Å². The first kappa shape index (κ1) is 14.5. The Labute approximate surface area is 110 Å². The zero-order valence-electron chi connectivity index (χ0n) is 7.73. The molecule has 0 aromatic carbocycles. The van der Waals surface area contributed by atoms with Crippen LogP contribution < -0.4 is 29.6 Å². The predicted octanol–water partition coefficient (Wildman–Crippen LogP) is -2.82. The molecule has 1 aromatic rings. The Morgan fingerprint density at radius 3 is 2.64 bits per heavy atom. The number of aromatic nitrogens is 2. The van der Waals surface area contributed by atoms with Gasteiger partial charge in [0, 0.05) is 18.4 Å². The molecule has 0 atom stereocenters. The third-order valence-corrected chi connectivity index (χ3v) is 2.44. The standard InChI is InChI=1S/C6H10N2O3S2.Na/c9-13(10,11)3-1-2-5-7-4-6(12)8-5;/h4,12H,1-3H2,(H,7,8)(H,9,10,11);/q;+1/p-1. The number of imidazole rings is 1. The molecule has 0 aliphatic carbocycles. The van der Waals surface area contributed by atoms with Crippen molar-refractivity contribution in [2.75, 3.05) is 5.75 Å². The summed E-state index contributed by atoms with van der Waals surface area (Å²) in [4.78, 5) is 6.75. The van der Waals surface area contributed by atoms with Gasteiger partial charge < -0.3 is 9.54 Å². The van der Waals surface area contributed by atoms with Gasteiger partial charge in [0.05, 0.1) is 10.1 Å². The fourth-order valence-electron chi connectivity index (χ4n) is 0.895. The van der Waals surface area contributed by atoms with Crippen molar-refractivity contribution >= 4 is 22.7 Å². The molecule has 1 aromatic heterocycles. The molecule has 0 amide bonds. The monoisotopic (exact) mass is 244 g/mol. The molecule has 1 rings (SSSR count). The summed E-state index contributed by atoms with van der Waals surface area (Å²) < 4.78 is 30.7. The van der Waals surface area contributed by atoms with Crippen LogP contribution in [0.2, 0.25) is 0 Å². The minimum atomic E-state index is -4.10. The molecule has 0 unspecified atom stereocenters. The Bertz CT molecular complexity index is 376. The summed E-state index contributed by atoms with van der Waals surface area (Å²) in [6.07, 6.45) is 2.33. The SMILES string of the molecule is O=S(=O)([O-])CCCc1nc(S)c[nH]1.[Na+].